The molecule has 0 amide bonds. The molecule has 0 heterocycles. The van der Waals surface area contributed by atoms with E-state index >= 15 is 0 Å². The van der Waals surface area contributed by atoms with Crippen molar-refractivity contribution in [3.05, 3.63) is 74.1 Å². The normalized spacial score (nSPS) is 8.06. The van der Waals surface area contributed by atoms with E-state index in [2.05, 4.69) is 24.0 Å². The Hall–Kier alpha value is -0.106. The van der Waals surface area contributed by atoms with Crippen molar-refractivity contribution < 1.29 is 21.7 Å². The molecule has 0 spiro atoms. The van der Waals surface area contributed by atoms with E-state index < -0.39 is 0 Å². The molecule has 2 heteroatoms. The number of hydrogen-bond acceptors (Lipinski definition) is 1. The summed E-state index contributed by atoms with van der Waals surface area (Å²) < 4.78 is 0. The van der Waals surface area contributed by atoms with Gasteiger partial charge < -0.3 is 42.5 Å². The Labute approximate surface area is 127 Å². The van der Waals surface area contributed by atoms with Crippen LogP contribution in [0, 0.1) is 43.2 Å². The number of rotatable bonds is 3. The Morgan fingerprint density at radius 1 is 1.24 bits per heavy atom. The molecule has 1 N–H and O–H groups in total. The van der Waals surface area contributed by atoms with Crippen LogP contribution in [0.25, 0.3) is 0 Å². The molecule has 0 saturated carbocycles. The summed E-state index contributed by atoms with van der Waals surface area (Å²) in [7, 11) is 1.93. The molecule has 1 rings (SSSR count). The van der Waals surface area contributed by atoms with Crippen molar-refractivity contribution in [3.63, 3.8) is 0 Å². The topological polar surface area (TPSA) is 12.0 Å². The first-order chi connectivity index (χ1) is 5.41. The van der Waals surface area contributed by atoms with Crippen LogP contribution in [0.5, 0.6) is 0 Å². The van der Waals surface area contributed by atoms with Crippen LogP contribution in [0.1, 0.15) is 12.8 Å². The Kier molecular flexibility index (Phi) is 114. The van der Waals surface area contributed by atoms with Gasteiger partial charge in [0.15, 0.2) is 0 Å². The van der Waals surface area contributed by atoms with Gasteiger partial charge in [-0.1, -0.05) is 6.08 Å². The summed E-state index contributed by atoms with van der Waals surface area (Å²) in [5.41, 5.74) is 0. The molecular weight excluding hydrogens is 242 g/mol. The average Bonchev–Trinajstić information content (AvgIpc) is 2.57. The summed E-state index contributed by atoms with van der Waals surface area (Å²) in [6, 6.07) is 0. The summed E-state index contributed by atoms with van der Waals surface area (Å²) in [6.07, 6.45) is 13.0. The van der Waals surface area contributed by atoms with Gasteiger partial charge in [-0.25, -0.2) is 12.2 Å². The molecule has 0 aromatic carbocycles. The van der Waals surface area contributed by atoms with Gasteiger partial charge in [-0.2, -0.15) is 6.08 Å². The van der Waals surface area contributed by atoms with Gasteiger partial charge in [-0.05, 0) is 20.0 Å². The fourth-order valence-corrected chi connectivity index (χ4v) is 0.587. The summed E-state index contributed by atoms with van der Waals surface area (Å²) in [6.45, 7) is 4.60. The van der Waals surface area contributed by atoms with Crippen molar-refractivity contribution in [2.75, 3.05) is 13.6 Å². The molecule has 17 heavy (non-hydrogen) atoms. The second-order valence-electron chi connectivity index (χ2n) is 2.18. The molecule has 106 valence electrons. The first-order valence-corrected chi connectivity index (χ1v) is 3.89. The fraction of sp³-hybridized carbons (Fsp3) is 0.267. The van der Waals surface area contributed by atoms with Crippen LogP contribution in [0.15, 0.2) is 30.9 Å². The summed E-state index contributed by atoms with van der Waals surface area (Å²) in [5.74, 6) is 0. The fourth-order valence-electron chi connectivity index (χ4n) is 0.587. The predicted octanol–water partition coefficient (Wildman–Crippen LogP) is 4.34. The minimum atomic E-state index is 0. The summed E-state index contributed by atoms with van der Waals surface area (Å²) >= 11 is 0. The van der Waals surface area contributed by atoms with Crippen LogP contribution < -0.4 is 5.32 Å². The van der Waals surface area contributed by atoms with Crippen molar-refractivity contribution >= 4 is 0 Å². The predicted molar refractivity (Wildman–Crippen MR) is 82.4 cm³/mol. The van der Waals surface area contributed by atoms with Gasteiger partial charge >= 0.3 is 0 Å². The third-order valence-electron chi connectivity index (χ3n) is 1.18. The Morgan fingerprint density at radius 2 is 1.76 bits per heavy atom. The van der Waals surface area contributed by atoms with Gasteiger partial charge in [0.05, 0.1) is 0 Å². The molecule has 0 aliphatic heterocycles. The Balaban J connectivity index is -0.0000000174. The molecular formula is C15H31NTi-6. The van der Waals surface area contributed by atoms with E-state index in [0.717, 1.165) is 19.4 Å². The average molecular weight is 273 g/mol. The van der Waals surface area contributed by atoms with Gasteiger partial charge in [0, 0.05) is 21.7 Å². The van der Waals surface area contributed by atoms with Crippen LogP contribution in [0.4, 0.5) is 0 Å². The Bertz CT molecular complexity index is 130. The molecule has 0 unspecified atom stereocenters. The molecule has 0 aromatic heterocycles. The molecule has 0 fully saturated rings. The van der Waals surface area contributed by atoms with Crippen molar-refractivity contribution in [3.8, 4) is 0 Å². The first-order valence-electron chi connectivity index (χ1n) is 3.89. The van der Waals surface area contributed by atoms with E-state index in [9.17, 15) is 0 Å². The summed E-state index contributed by atoms with van der Waals surface area (Å²) in [5, 5.41) is 3.00. The first kappa shape index (κ1) is 43.6. The zero-order valence-electron chi connectivity index (χ0n) is 12.6. The van der Waals surface area contributed by atoms with E-state index in [1.165, 1.54) is 0 Å². The minimum Gasteiger partial charge on any atom is -0.358 e. The maximum Gasteiger partial charge on any atom is 0 e. The number of nitrogens with one attached hydrogen (secondary N) is 1. The van der Waals surface area contributed by atoms with Crippen molar-refractivity contribution in [2.24, 2.45) is 0 Å². The number of allylic oxidation sites excluding steroid dienone is 4. The third kappa shape index (κ3) is 49.2. The van der Waals surface area contributed by atoms with E-state index in [0.29, 0.717) is 0 Å². The second kappa shape index (κ2) is 44.6. The Morgan fingerprint density at radius 3 is 1.88 bits per heavy atom. The van der Waals surface area contributed by atoms with Gasteiger partial charge in [-0.3, -0.25) is 6.08 Å². The van der Waals surface area contributed by atoms with Crippen LogP contribution in [0.2, 0.25) is 0 Å². The number of hydrogen-bond donors (Lipinski definition) is 1. The zero-order valence-corrected chi connectivity index (χ0v) is 14.2. The van der Waals surface area contributed by atoms with E-state index in [-0.39, 0.29) is 58.9 Å². The van der Waals surface area contributed by atoms with E-state index in [1.54, 1.807) is 0 Å². The molecule has 0 saturated heterocycles. The van der Waals surface area contributed by atoms with Crippen molar-refractivity contribution in [1.82, 2.24) is 5.32 Å². The van der Waals surface area contributed by atoms with Crippen molar-refractivity contribution in [1.29, 1.82) is 0 Å². The van der Waals surface area contributed by atoms with Gasteiger partial charge in [0.2, 0.25) is 0 Å². The molecule has 0 aromatic rings. The van der Waals surface area contributed by atoms with Crippen LogP contribution >= 0.6 is 0 Å². The van der Waals surface area contributed by atoms with Gasteiger partial charge in [-0.15, -0.1) is 13.0 Å². The van der Waals surface area contributed by atoms with E-state index in [1.807, 2.05) is 25.3 Å². The monoisotopic (exact) mass is 273 g/mol. The largest absolute Gasteiger partial charge is 0.358 e. The van der Waals surface area contributed by atoms with Gasteiger partial charge in [0.25, 0.3) is 0 Å². The van der Waals surface area contributed by atoms with Crippen molar-refractivity contribution in [2.45, 2.75) is 12.8 Å². The second-order valence-corrected chi connectivity index (χ2v) is 2.18. The SMILES string of the molecule is C=CCCNC.[C-]1=CC=CC1.[CH3-].[CH3-].[CH3-].[CH3-].[CH3-].[Ti]. The van der Waals surface area contributed by atoms with Crippen LogP contribution in [-0.2, 0) is 21.7 Å². The minimum absolute atomic E-state index is 0. The third-order valence-corrected chi connectivity index (χ3v) is 1.18. The quantitative estimate of drug-likeness (QED) is 0.349. The molecule has 0 atom stereocenters. The molecule has 0 radical (unpaired) electrons. The summed E-state index contributed by atoms with van der Waals surface area (Å²) in [4.78, 5) is 0. The molecule has 1 aliphatic rings. The molecule has 1 nitrogen and oxygen atoms in total. The maximum absolute atomic E-state index is 3.56. The van der Waals surface area contributed by atoms with Gasteiger partial charge in [0.1, 0.15) is 0 Å². The molecule has 1 aliphatic carbocycles. The zero-order chi connectivity index (χ0) is 8.36. The van der Waals surface area contributed by atoms with Crippen LogP contribution in [0.3, 0.4) is 0 Å². The van der Waals surface area contributed by atoms with E-state index in [4.69, 9.17) is 0 Å². The maximum atomic E-state index is 3.56. The standard InChI is InChI=1S/C5H11N.C5H5.5CH3.Ti/c1-3-4-5-6-2;1-2-4-5-3-1;;;;;;/h3,6H,1,4-5H2,2H3;1-3H,4H2;5*1H3;/q;6*-1;. The van der Waals surface area contributed by atoms with Crippen LogP contribution in [-0.4, -0.2) is 13.6 Å². The smallest absolute Gasteiger partial charge is 0 e. The molecule has 0 bridgehead atoms.